The third-order valence-corrected chi connectivity index (χ3v) is 8.45. The molecule has 5 rings (SSSR count). The van der Waals surface area contributed by atoms with E-state index in [1.807, 2.05) is 42.5 Å². The average molecular weight is 531 g/mol. The van der Waals surface area contributed by atoms with Crippen LogP contribution < -0.4 is 4.72 Å². The summed E-state index contributed by atoms with van der Waals surface area (Å²) in [6.07, 6.45) is -0.591. The standard InChI is InChI=1S/C30H30N2O5S/c33-30(34)32-17-16-28(29(20-32)37-21-23-12-13-24-6-4-5-7-26(24)18-23)25-14-10-22(11-15-25)19-31-38(35,36)27-8-2-1-3-9-27/h1-15,18,28-29,31H,16-17,19-21H2,(H,33,34). The topological polar surface area (TPSA) is 95.9 Å². The highest BCUT2D eigenvalue weighted by Gasteiger charge is 2.33. The number of carbonyl (C=O) groups is 1. The molecule has 1 heterocycles. The highest BCUT2D eigenvalue weighted by Crippen LogP contribution is 2.32. The molecule has 4 aromatic rings. The van der Waals surface area contributed by atoms with Crippen molar-refractivity contribution in [3.05, 3.63) is 114 Å². The zero-order valence-corrected chi connectivity index (χ0v) is 21.7. The summed E-state index contributed by atoms with van der Waals surface area (Å²) in [5.41, 5.74) is 2.93. The number of sulfonamides is 1. The van der Waals surface area contributed by atoms with E-state index < -0.39 is 16.1 Å². The number of carboxylic acid groups (broad SMARTS) is 1. The summed E-state index contributed by atoms with van der Waals surface area (Å²) in [5.74, 6) is 0.0288. The molecule has 7 nitrogen and oxygen atoms in total. The van der Waals surface area contributed by atoms with Crippen molar-refractivity contribution in [2.75, 3.05) is 13.1 Å². The summed E-state index contributed by atoms with van der Waals surface area (Å²) >= 11 is 0. The molecule has 2 atom stereocenters. The number of nitrogens with one attached hydrogen (secondary N) is 1. The van der Waals surface area contributed by atoms with Crippen LogP contribution in [0.25, 0.3) is 10.8 Å². The zero-order chi connectivity index (χ0) is 26.5. The summed E-state index contributed by atoms with van der Waals surface area (Å²) in [6.45, 7) is 1.30. The number of ether oxygens (including phenoxy) is 1. The fraction of sp³-hybridized carbons (Fsp3) is 0.233. The van der Waals surface area contributed by atoms with Crippen molar-refractivity contribution in [1.29, 1.82) is 0 Å². The van der Waals surface area contributed by atoms with E-state index in [1.165, 1.54) is 4.90 Å². The van der Waals surface area contributed by atoms with Crippen LogP contribution in [0.15, 0.2) is 102 Å². The van der Waals surface area contributed by atoms with Gasteiger partial charge in [-0.1, -0.05) is 78.9 Å². The van der Waals surface area contributed by atoms with Crippen molar-refractivity contribution in [1.82, 2.24) is 9.62 Å². The van der Waals surface area contributed by atoms with Crippen molar-refractivity contribution in [3.8, 4) is 0 Å². The van der Waals surface area contributed by atoms with E-state index in [1.54, 1.807) is 30.3 Å². The van der Waals surface area contributed by atoms with Gasteiger partial charge in [-0.15, -0.1) is 0 Å². The Morgan fingerprint density at radius 3 is 2.32 bits per heavy atom. The van der Waals surface area contributed by atoms with E-state index in [2.05, 4.69) is 29.0 Å². The summed E-state index contributed by atoms with van der Waals surface area (Å²) in [5, 5.41) is 11.9. The van der Waals surface area contributed by atoms with Crippen LogP contribution in [0, 0.1) is 0 Å². The number of likely N-dealkylation sites (tertiary alicyclic amines) is 1. The van der Waals surface area contributed by atoms with Gasteiger partial charge in [0.1, 0.15) is 0 Å². The van der Waals surface area contributed by atoms with Crippen molar-refractivity contribution in [2.45, 2.75) is 36.5 Å². The molecule has 0 radical (unpaired) electrons. The van der Waals surface area contributed by atoms with Gasteiger partial charge in [0.05, 0.1) is 24.2 Å². The van der Waals surface area contributed by atoms with Gasteiger partial charge < -0.3 is 14.7 Å². The van der Waals surface area contributed by atoms with Gasteiger partial charge in [-0.05, 0) is 52.1 Å². The Kier molecular flexibility index (Phi) is 7.74. The number of piperidine rings is 1. The Bertz CT molecular complexity index is 1510. The molecule has 0 spiro atoms. The summed E-state index contributed by atoms with van der Waals surface area (Å²) < 4.78 is 34.0. The van der Waals surface area contributed by atoms with Crippen LogP contribution in [0.4, 0.5) is 4.79 Å². The van der Waals surface area contributed by atoms with Gasteiger partial charge >= 0.3 is 6.09 Å². The third-order valence-electron chi connectivity index (χ3n) is 7.04. The summed E-state index contributed by atoms with van der Waals surface area (Å²) in [4.78, 5) is 13.3. The minimum atomic E-state index is -3.59. The van der Waals surface area contributed by atoms with Gasteiger partial charge in [-0.3, -0.25) is 0 Å². The number of amides is 1. The quantitative estimate of drug-likeness (QED) is 0.319. The molecule has 38 heavy (non-hydrogen) atoms. The molecule has 1 aliphatic rings. The Labute approximate surface area is 222 Å². The molecule has 4 aromatic carbocycles. The Morgan fingerprint density at radius 2 is 1.58 bits per heavy atom. The van der Waals surface area contributed by atoms with E-state index in [0.717, 1.165) is 27.5 Å². The first-order valence-electron chi connectivity index (χ1n) is 12.6. The van der Waals surface area contributed by atoms with Crippen molar-refractivity contribution in [2.24, 2.45) is 0 Å². The maximum Gasteiger partial charge on any atom is 0.407 e. The van der Waals surface area contributed by atoms with Crippen LogP contribution in [-0.2, 0) is 27.9 Å². The van der Waals surface area contributed by atoms with Gasteiger partial charge in [0.15, 0.2) is 0 Å². The first kappa shape index (κ1) is 25.9. The predicted octanol–water partition coefficient (Wildman–Crippen LogP) is 5.37. The second kappa shape index (κ2) is 11.3. The monoisotopic (exact) mass is 530 g/mol. The molecule has 2 unspecified atom stereocenters. The highest BCUT2D eigenvalue weighted by atomic mass is 32.2. The molecule has 8 heteroatoms. The molecular weight excluding hydrogens is 500 g/mol. The minimum absolute atomic E-state index is 0.0288. The second-order valence-corrected chi connectivity index (χ2v) is 11.3. The van der Waals surface area contributed by atoms with Crippen molar-refractivity contribution in [3.63, 3.8) is 0 Å². The lowest BCUT2D eigenvalue weighted by atomic mass is 9.86. The van der Waals surface area contributed by atoms with Crippen LogP contribution >= 0.6 is 0 Å². The maximum absolute atomic E-state index is 12.5. The lowest BCUT2D eigenvalue weighted by Crippen LogP contribution is -2.46. The molecule has 0 saturated carbocycles. The Morgan fingerprint density at radius 1 is 0.895 bits per heavy atom. The van der Waals surface area contributed by atoms with E-state index in [4.69, 9.17) is 4.74 Å². The molecule has 0 aromatic heterocycles. The van der Waals surface area contributed by atoms with Crippen LogP contribution in [-0.4, -0.2) is 43.7 Å². The molecule has 2 N–H and O–H groups in total. The van der Waals surface area contributed by atoms with Crippen LogP contribution in [0.2, 0.25) is 0 Å². The number of hydrogen-bond acceptors (Lipinski definition) is 4. The van der Waals surface area contributed by atoms with E-state index in [0.29, 0.717) is 26.1 Å². The largest absolute Gasteiger partial charge is 0.465 e. The lowest BCUT2D eigenvalue weighted by Gasteiger charge is -2.37. The normalized spacial score (nSPS) is 17.9. The third kappa shape index (κ3) is 6.05. The van der Waals surface area contributed by atoms with Gasteiger partial charge in [-0.25, -0.2) is 17.9 Å². The van der Waals surface area contributed by atoms with E-state index >= 15 is 0 Å². The molecule has 1 saturated heterocycles. The molecule has 1 aliphatic heterocycles. The van der Waals surface area contributed by atoms with Gasteiger partial charge in [0.25, 0.3) is 0 Å². The minimum Gasteiger partial charge on any atom is -0.465 e. The number of fused-ring (bicyclic) bond motifs is 1. The lowest BCUT2D eigenvalue weighted by molar-refractivity contribution is -0.0199. The van der Waals surface area contributed by atoms with Crippen LogP contribution in [0.1, 0.15) is 29.0 Å². The van der Waals surface area contributed by atoms with Gasteiger partial charge in [0, 0.05) is 19.0 Å². The second-order valence-electron chi connectivity index (χ2n) is 9.53. The number of hydrogen-bond donors (Lipinski definition) is 2. The van der Waals surface area contributed by atoms with Crippen molar-refractivity contribution < 1.29 is 23.1 Å². The Balaban J connectivity index is 1.27. The molecule has 0 aliphatic carbocycles. The molecule has 0 bridgehead atoms. The zero-order valence-electron chi connectivity index (χ0n) is 20.9. The first-order chi connectivity index (χ1) is 18.4. The molecule has 1 amide bonds. The molecule has 196 valence electrons. The van der Waals surface area contributed by atoms with Crippen LogP contribution in [0.3, 0.4) is 0 Å². The average Bonchev–Trinajstić information content (AvgIpc) is 2.95. The molecule has 1 fully saturated rings. The van der Waals surface area contributed by atoms with E-state index in [9.17, 15) is 18.3 Å². The van der Waals surface area contributed by atoms with Crippen LogP contribution in [0.5, 0.6) is 0 Å². The highest BCUT2D eigenvalue weighted by molar-refractivity contribution is 7.89. The smallest absolute Gasteiger partial charge is 0.407 e. The fourth-order valence-electron chi connectivity index (χ4n) is 4.92. The molecular formula is C30H30N2O5S. The number of rotatable bonds is 8. The van der Waals surface area contributed by atoms with E-state index in [-0.39, 0.29) is 23.5 Å². The summed E-state index contributed by atoms with van der Waals surface area (Å²) in [6, 6.07) is 30.4. The van der Waals surface area contributed by atoms with Gasteiger partial charge in [-0.2, -0.15) is 0 Å². The maximum atomic E-state index is 12.5. The van der Waals surface area contributed by atoms with Crippen molar-refractivity contribution >= 4 is 26.9 Å². The fourth-order valence-corrected chi connectivity index (χ4v) is 5.96. The Hall–Kier alpha value is -3.72. The predicted molar refractivity (Wildman–Crippen MR) is 146 cm³/mol. The first-order valence-corrected chi connectivity index (χ1v) is 14.1. The number of benzene rings is 4. The number of nitrogens with zero attached hydrogens (tertiary/aromatic N) is 1. The summed E-state index contributed by atoms with van der Waals surface area (Å²) in [7, 11) is -3.59. The SMILES string of the molecule is O=C(O)N1CCC(c2ccc(CNS(=O)(=O)c3ccccc3)cc2)C(OCc2ccc3ccccc3c2)C1. The van der Waals surface area contributed by atoms with Gasteiger partial charge in [0.2, 0.25) is 10.0 Å².